The topological polar surface area (TPSA) is 60.9 Å². The highest BCUT2D eigenvalue weighted by Gasteiger charge is 2.18. The monoisotopic (exact) mass is 557 g/mol. The van der Waals surface area contributed by atoms with E-state index in [-0.39, 0.29) is 5.89 Å². The van der Waals surface area contributed by atoms with Crippen LogP contribution in [0.5, 0.6) is 0 Å². The standard InChI is InChI=1S/C17H7Br3ClN3O2/c18-8-4-10-14(11(20)5-8)23-16(26-17(10)25)13-6-9(19)7-24(13)15-12(21)2-1-3-22-15/h1-7H. The Labute approximate surface area is 177 Å². The van der Waals surface area contributed by atoms with E-state index in [4.69, 9.17) is 16.0 Å². The molecule has 0 N–H and O–H groups in total. The van der Waals surface area contributed by atoms with Crippen molar-refractivity contribution in [2.24, 2.45) is 0 Å². The van der Waals surface area contributed by atoms with Crippen molar-refractivity contribution in [3.8, 4) is 17.4 Å². The van der Waals surface area contributed by atoms with E-state index < -0.39 is 5.63 Å². The first kappa shape index (κ1) is 17.9. The third kappa shape index (κ3) is 3.15. The maximum atomic E-state index is 12.5. The Hall–Kier alpha value is -1.48. The van der Waals surface area contributed by atoms with E-state index in [1.807, 2.05) is 6.07 Å². The van der Waals surface area contributed by atoms with Gasteiger partial charge in [0.05, 0.1) is 15.9 Å². The van der Waals surface area contributed by atoms with Gasteiger partial charge in [0.15, 0.2) is 5.82 Å². The average molecular weight is 560 g/mol. The molecule has 130 valence electrons. The van der Waals surface area contributed by atoms with Crippen molar-refractivity contribution in [1.29, 1.82) is 0 Å². The maximum absolute atomic E-state index is 12.5. The number of pyridine rings is 1. The van der Waals surface area contributed by atoms with E-state index in [0.29, 0.717) is 31.9 Å². The zero-order chi connectivity index (χ0) is 18.4. The van der Waals surface area contributed by atoms with Crippen LogP contribution in [0.4, 0.5) is 0 Å². The molecule has 5 nitrogen and oxygen atoms in total. The van der Waals surface area contributed by atoms with Crippen LogP contribution in [-0.2, 0) is 0 Å². The molecule has 0 spiro atoms. The minimum absolute atomic E-state index is 0.165. The predicted octanol–water partition coefficient (Wildman–Crippen LogP) is 5.98. The van der Waals surface area contributed by atoms with Crippen LogP contribution in [0.25, 0.3) is 28.3 Å². The van der Waals surface area contributed by atoms with Crippen LogP contribution in [0.1, 0.15) is 0 Å². The summed E-state index contributed by atoms with van der Waals surface area (Å²) in [7, 11) is 0. The third-order valence-electron chi connectivity index (χ3n) is 3.62. The molecule has 0 bridgehead atoms. The molecule has 0 saturated heterocycles. The maximum Gasteiger partial charge on any atom is 0.347 e. The van der Waals surface area contributed by atoms with Gasteiger partial charge < -0.3 is 4.42 Å². The van der Waals surface area contributed by atoms with Crippen molar-refractivity contribution in [2.75, 3.05) is 0 Å². The minimum Gasteiger partial charge on any atom is -0.401 e. The number of fused-ring (bicyclic) bond motifs is 1. The highest BCUT2D eigenvalue weighted by molar-refractivity contribution is 9.11. The molecule has 4 rings (SSSR count). The fraction of sp³-hybridized carbons (Fsp3) is 0. The zero-order valence-electron chi connectivity index (χ0n) is 12.7. The summed E-state index contributed by atoms with van der Waals surface area (Å²) < 4.78 is 9.41. The van der Waals surface area contributed by atoms with Gasteiger partial charge >= 0.3 is 5.63 Å². The zero-order valence-corrected chi connectivity index (χ0v) is 18.2. The number of hydrogen-bond acceptors (Lipinski definition) is 4. The van der Waals surface area contributed by atoms with Crippen molar-refractivity contribution in [3.05, 3.63) is 71.6 Å². The molecule has 26 heavy (non-hydrogen) atoms. The molecular weight excluding hydrogens is 553 g/mol. The first-order valence-corrected chi connectivity index (χ1v) is 9.99. The normalized spacial score (nSPS) is 11.2. The Balaban J connectivity index is 2.01. The molecule has 0 aliphatic heterocycles. The largest absolute Gasteiger partial charge is 0.401 e. The summed E-state index contributed by atoms with van der Waals surface area (Å²) in [5, 5.41) is 0.841. The van der Waals surface area contributed by atoms with Gasteiger partial charge in [-0.1, -0.05) is 27.5 Å². The van der Waals surface area contributed by atoms with E-state index in [0.717, 1.165) is 8.95 Å². The lowest BCUT2D eigenvalue weighted by molar-refractivity contribution is 0.514. The van der Waals surface area contributed by atoms with Crippen molar-refractivity contribution in [3.63, 3.8) is 0 Å². The van der Waals surface area contributed by atoms with Gasteiger partial charge in [-0.3, -0.25) is 4.57 Å². The molecule has 0 aliphatic carbocycles. The van der Waals surface area contributed by atoms with Crippen LogP contribution in [-0.4, -0.2) is 14.5 Å². The molecule has 3 heterocycles. The highest BCUT2D eigenvalue weighted by atomic mass is 79.9. The molecule has 0 amide bonds. The van der Waals surface area contributed by atoms with E-state index in [1.165, 1.54) is 0 Å². The van der Waals surface area contributed by atoms with E-state index in [1.54, 1.807) is 41.2 Å². The summed E-state index contributed by atoms with van der Waals surface area (Å²) in [5.41, 5.74) is 0.574. The molecule has 0 fully saturated rings. The summed E-state index contributed by atoms with van der Waals surface area (Å²) in [6, 6.07) is 8.76. The summed E-state index contributed by atoms with van der Waals surface area (Å²) in [6.07, 6.45) is 3.42. The molecule has 9 heteroatoms. The summed E-state index contributed by atoms with van der Waals surface area (Å²) in [5.74, 6) is 0.673. The van der Waals surface area contributed by atoms with Gasteiger partial charge in [-0.25, -0.2) is 14.8 Å². The Morgan fingerprint density at radius 3 is 2.69 bits per heavy atom. The summed E-state index contributed by atoms with van der Waals surface area (Å²) in [6.45, 7) is 0. The average Bonchev–Trinajstić information content (AvgIpc) is 2.97. The number of nitrogens with zero attached hydrogens (tertiary/aromatic N) is 3. The van der Waals surface area contributed by atoms with Crippen LogP contribution in [0.3, 0.4) is 0 Å². The quantitative estimate of drug-likeness (QED) is 0.303. The smallest absolute Gasteiger partial charge is 0.347 e. The molecule has 1 aromatic carbocycles. The molecule has 4 aromatic rings. The second kappa shape index (κ2) is 6.92. The van der Waals surface area contributed by atoms with E-state index in [9.17, 15) is 4.79 Å². The molecule has 3 aromatic heterocycles. The van der Waals surface area contributed by atoms with Gasteiger partial charge in [0.25, 0.3) is 0 Å². The van der Waals surface area contributed by atoms with Crippen molar-refractivity contribution >= 4 is 70.3 Å². The van der Waals surface area contributed by atoms with Crippen LogP contribution < -0.4 is 5.63 Å². The third-order valence-corrected chi connectivity index (χ3v) is 5.41. The second-order valence-corrected chi connectivity index (χ2v) is 8.41. The van der Waals surface area contributed by atoms with Crippen molar-refractivity contribution < 1.29 is 4.42 Å². The summed E-state index contributed by atoms with van der Waals surface area (Å²) in [4.78, 5) is 21.3. The Morgan fingerprint density at radius 2 is 1.92 bits per heavy atom. The lowest BCUT2D eigenvalue weighted by atomic mass is 10.2. The van der Waals surface area contributed by atoms with E-state index in [2.05, 4.69) is 57.8 Å². The van der Waals surface area contributed by atoms with Crippen LogP contribution in [0.2, 0.25) is 5.02 Å². The Kier molecular flexibility index (Phi) is 4.77. The van der Waals surface area contributed by atoms with Gasteiger partial charge in [0.2, 0.25) is 5.89 Å². The first-order valence-electron chi connectivity index (χ1n) is 7.23. The fourth-order valence-corrected chi connectivity index (χ4v) is 4.48. The first-order chi connectivity index (χ1) is 12.4. The molecule has 0 atom stereocenters. The van der Waals surface area contributed by atoms with Gasteiger partial charge in [-0.2, -0.15) is 0 Å². The number of rotatable bonds is 2. The second-order valence-electron chi connectivity index (χ2n) is 5.31. The summed E-state index contributed by atoms with van der Waals surface area (Å²) >= 11 is 16.5. The molecule has 0 aliphatic rings. The number of benzene rings is 1. The number of halogens is 4. The van der Waals surface area contributed by atoms with Gasteiger partial charge in [0, 0.05) is 25.8 Å². The highest BCUT2D eigenvalue weighted by Crippen LogP contribution is 2.31. The van der Waals surface area contributed by atoms with Gasteiger partial charge in [-0.15, -0.1) is 0 Å². The molecular formula is C17H7Br3ClN3O2. The SMILES string of the molecule is O=c1oc(-c2cc(Br)cn2-c2ncccc2Cl)nc2c(Br)cc(Br)cc12. The fourth-order valence-electron chi connectivity index (χ4n) is 2.54. The van der Waals surface area contributed by atoms with E-state index >= 15 is 0 Å². The van der Waals surface area contributed by atoms with Crippen LogP contribution in [0.15, 0.2) is 65.4 Å². The van der Waals surface area contributed by atoms with Gasteiger partial charge in [-0.05, 0) is 62.2 Å². The van der Waals surface area contributed by atoms with Crippen molar-refractivity contribution in [1.82, 2.24) is 14.5 Å². The van der Waals surface area contributed by atoms with Gasteiger partial charge in [0.1, 0.15) is 5.69 Å². The number of hydrogen-bond donors (Lipinski definition) is 0. The van der Waals surface area contributed by atoms with Crippen molar-refractivity contribution in [2.45, 2.75) is 0 Å². The molecule has 0 radical (unpaired) electrons. The molecule has 0 saturated carbocycles. The predicted molar refractivity (Wildman–Crippen MR) is 111 cm³/mol. The molecule has 0 unspecified atom stereocenters. The lowest BCUT2D eigenvalue weighted by Crippen LogP contribution is -2.06. The number of aromatic nitrogens is 3. The Morgan fingerprint density at radius 1 is 1.12 bits per heavy atom. The lowest BCUT2D eigenvalue weighted by Gasteiger charge is -2.09. The van der Waals surface area contributed by atoms with Crippen LogP contribution in [0, 0.1) is 0 Å². The van der Waals surface area contributed by atoms with Crippen LogP contribution >= 0.6 is 59.4 Å². The minimum atomic E-state index is -0.483. The Bertz CT molecular complexity index is 1220.